The molecule has 2 aromatic carbocycles. The van der Waals surface area contributed by atoms with E-state index in [2.05, 4.69) is 61.4 Å². The van der Waals surface area contributed by atoms with Crippen molar-refractivity contribution >= 4 is 23.2 Å². The Morgan fingerprint density at radius 1 is 1.11 bits per heavy atom. The van der Waals surface area contributed by atoms with Crippen molar-refractivity contribution < 1.29 is 13.9 Å². The van der Waals surface area contributed by atoms with Gasteiger partial charge in [-0.2, -0.15) is 5.10 Å². The van der Waals surface area contributed by atoms with Crippen LogP contribution in [0, 0.1) is 24.6 Å². The average Bonchev–Trinajstić information content (AvgIpc) is 3.67. The zero-order valence-corrected chi connectivity index (χ0v) is 25.5. The number of halogens is 1. The number of hydrogen-bond donors (Lipinski definition) is 2. The van der Waals surface area contributed by atoms with Gasteiger partial charge in [-0.25, -0.2) is 14.4 Å². The number of anilines is 3. The average molecular weight is 597 g/mol. The first-order valence-electron chi connectivity index (χ1n) is 14.5. The molecule has 1 saturated heterocycles. The first kappa shape index (κ1) is 30.8. The van der Waals surface area contributed by atoms with E-state index in [1.165, 1.54) is 6.07 Å². The summed E-state index contributed by atoms with van der Waals surface area (Å²) in [6.07, 6.45) is 7.88. The zero-order valence-electron chi connectivity index (χ0n) is 25.5. The summed E-state index contributed by atoms with van der Waals surface area (Å²) in [5, 5.41) is 10.2. The quantitative estimate of drug-likeness (QED) is 0.262. The van der Waals surface area contributed by atoms with Gasteiger partial charge in [0.05, 0.1) is 30.6 Å². The Hall–Kier alpha value is -4.63. The number of amides is 1. The largest absolute Gasteiger partial charge is 0.383 e. The van der Waals surface area contributed by atoms with Crippen molar-refractivity contribution in [3.63, 3.8) is 0 Å². The van der Waals surface area contributed by atoms with Crippen molar-refractivity contribution in [2.75, 3.05) is 51.5 Å². The Morgan fingerprint density at radius 2 is 1.93 bits per heavy atom. The van der Waals surface area contributed by atoms with E-state index in [0.29, 0.717) is 59.6 Å². The van der Waals surface area contributed by atoms with E-state index in [-0.39, 0.29) is 11.7 Å². The van der Waals surface area contributed by atoms with Crippen LogP contribution in [-0.2, 0) is 17.8 Å². The number of nitrogens with zero attached hydrogens (tertiary/aromatic N) is 6. The molecule has 1 fully saturated rings. The Balaban J connectivity index is 1.19. The molecule has 0 aliphatic carbocycles. The first-order valence-corrected chi connectivity index (χ1v) is 14.5. The van der Waals surface area contributed by atoms with Crippen molar-refractivity contribution in [3.8, 4) is 11.8 Å². The summed E-state index contributed by atoms with van der Waals surface area (Å²) >= 11 is 0. The maximum absolute atomic E-state index is 14.9. The molecule has 10 nitrogen and oxygen atoms in total. The van der Waals surface area contributed by atoms with Crippen molar-refractivity contribution in [1.29, 1.82) is 0 Å². The number of ether oxygens (including phenoxy) is 1. The van der Waals surface area contributed by atoms with Crippen molar-refractivity contribution in [2.45, 2.75) is 32.5 Å². The third-order valence-corrected chi connectivity index (χ3v) is 7.59. The number of benzene rings is 2. The second-order valence-corrected chi connectivity index (χ2v) is 11.1. The normalized spacial score (nSPS) is 14.8. The van der Waals surface area contributed by atoms with Crippen LogP contribution >= 0.6 is 0 Å². The molecule has 1 amide bonds. The highest BCUT2D eigenvalue weighted by molar-refractivity contribution is 6.04. The van der Waals surface area contributed by atoms with E-state index in [1.807, 2.05) is 19.2 Å². The van der Waals surface area contributed by atoms with Gasteiger partial charge in [-0.3, -0.25) is 14.4 Å². The van der Waals surface area contributed by atoms with Crippen molar-refractivity contribution in [3.05, 3.63) is 94.8 Å². The van der Waals surface area contributed by atoms with E-state index in [4.69, 9.17) is 4.74 Å². The molecule has 11 heteroatoms. The number of likely N-dealkylation sites (tertiary alicyclic amines) is 1. The van der Waals surface area contributed by atoms with Gasteiger partial charge in [0.25, 0.3) is 5.91 Å². The summed E-state index contributed by atoms with van der Waals surface area (Å²) in [5.41, 5.74) is 4.48. The molecule has 5 rings (SSSR count). The van der Waals surface area contributed by atoms with Crippen molar-refractivity contribution in [2.24, 2.45) is 0 Å². The number of hydrogen-bond acceptors (Lipinski definition) is 8. The minimum absolute atomic E-state index is 0.327. The van der Waals surface area contributed by atoms with Gasteiger partial charge >= 0.3 is 0 Å². The molecule has 44 heavy (non-hydrogen) atoms. The van der Waals surface area contributed by atoms with Crippen LogP contribution in [0.1, 0.15) is 39.0 Å². The van der Waals surface area contributed by atoms with Crippen LogP contribution in [0.25, 0.3) is 0 Å². The number of likely N-dealkylation sites (N-methyl/N-ethyl adjacent to an activating group) is 1. The number of aromatic nitrogens is 4. The second kappa shape index (κ2) is 14.2. The molecular formula is C33H37FN8O2. The fourth-order valence-corrected chi connectivity index (χ4v) is 4.93. The predicted molar refractivity (Wildman–Crippen MR) is 168 cm³/mol. The molecule has 0 bridgehead atoms. The molecule has 3 heterocycles. The molecule has 2 N–H and O–H groups in total. The highest BCUT2D eigenvalue weighted by Crippen LogP contribution is 2.21. The minimum atomic E-state index is -0.335. The summed E-state index contributed by atoms with van der Waals surface area (Å²) in [4.78, 5) is 26.2. The summed E-state index contributed by atoms with van der Waals surface area (Å²) in [5.74, 6) is 5.95. The molecule has 0 spiro atoms. The smallest absolute Gasteiger partial charge is 0.255 e. The number of rotatable bonds is 10. The topological polar surface area (TPSA) is 100 Å². The van der Waals surface area contributed by atoms with Gasteiger partial charge in [-0.1, -0.05) is 24.0 Å². The van der Waals surface area contributed by atoms with E-state index in [0.717, 1.165) is 30.8 Å². The van der Waals surface area contributed by atoms with Crippen LogP contribution in [0.15, 0.2) is 61.2 Å². The van der Waals surface area contributed by atoms with Gasteiger partial charge in [0.15, 0.2) is 0 Å². The molecule has 228 valence electrons. The van der Waals surface area contributed by atoms with Crippen molar-refractivity contribution in [1.82, 2.24) is 29.5 Å². The highest BCUT2D eigenvalue weighted by atomic mass is 19.1. The Labute approximate surface area is 257 Å². The van der Waals surface area contributed by atoms with Gasteiger partial charge in [-0.05, 0) is 57.3 Å². The summed E-state index contributed by atoms with van der Waals surface area (Å²) in [6, 6.07) is 10.7. The second-order valence-electron chi connectivity index (χ2n) is 11.1. The lowest BCUT2D eigenvalue weighted by Crippen LogP contribution is -2.31. The number of methoxy groups -OCH3 is 1. The molecule has 0 saturated carbocycles. The van der Waals surface area contributed by atoms with Gasteiger partial charge in [-0.15, -0.1) is 0 Å². The van der Waals surface area contributed by atoms with Crippen LogP contribution in [-0.4, -0.2) is 82.4 Å². The number of carbonyl (C=O) groups is 1. The molecule has 0 radical (unpaired) electrons. The molecule has 0 unspecified atom stereocenters. The SMILES string of the molecule is COCCn1cc(Nc2ncc(C#Cc3cc(C(=O)Nc4ccc(CN5CC[C@H](N(C)C)C5)c(F)c4)ccc3C)cn2)cn1. The van der Waals surface area contributed by atoms with E-state index in [1.54, 1.807) is 54.6 Å². The monoisotopic (exact) mass is 596 g/mol. The van der Waals surface area contributed by atoms with Gasteiger partial charge < -0.3 is 20.3 Å². The lowest BCUT2D eigenvalue weighted by molar-refractivity contribution is 0.102. The fourth-order valence-electron chi connectivity index (χ4n) is 4.93. The maximum Gasteiger partial charge on any atom is 0.255 e. The van der Waals surface area contributed by atoms with Crippen LogP contribution in [0.5, 0.6) is 0 Å². The van der Waals surface area contributed by atoms with Crippen LogP contribution in [0.2, 0.25) is 0 Å². The lowest BCUT2D eigenvalue weighted by atomic mass is 10.0. The van der Waals surface area contributed by atoms with Gasteiger partial charge in [0.1, 0.15) is 5.82 Å². The molecular weight excluding hydrogens is 559 g/mol. The molecule has 1 aliphatic heterocycles. The predicted octanol–water partition coefficient (Wildman–Crippen LogP) is 4.30. The molecule has 1 aliphatic rings. The number of nitrogens with one attached hydrogen (secondary N) is 2. The number of aryl methyl sites for hydroxylation is 1. The molecule has 1 atom stereocenters. The maximum atomic E-state index is 14.9. The van der Waals surface area contributed by atoms with Crippen LogP contribution in [0.3, 0.4) is 0 Å². The van der Waals surface area contributed by atoms with E-state index >= 15 is 0 Å². The first-order chi connectivity index (χ1) is 21.3. The fraction of sp³-hybridized carbons (Fsp3) is 0.333. The zero-order chi connectivity index (χ0) is 31.1. The third kappa shape index (κ3) is 8.05. The third-order valence-electron chi connectivity index (χ3n) is 7.59. The summed E-state index contributed by atoms with van der Waals surface area (Å²) in [6.45, 7) is 5.56. The summed E-state index contributed by atoms with van der Waals surface area (Å²) in [7, 11) is 5.80. The highest BCUT2D eigenvalue weighted by Gasteiger charge is 2.24. The Morgan fingerprint density at radius 3 is 2.66 bits per heavy atom. The lowest BCUT2D eigenvalue weighted by Gasteiger charge is -2.20. The van der Waals surface area contributed by atoms with Crippen LogP contribution in [0.4, 0.5) is 21.7 Å². The summed E-state index contributed by atoms with van der Waals surface area (Å²) < 4.78 is 21.8. The van der Waals surface area contributed by atoms with Gasteiger partial charge in [0, 0.05) is 73.8 Å². The van der Waals surface area contributed by atoms with Gasteiger partial charge in [0.2, 0.25) is 5.95 Å². The van der Waals surface area contributed by atoms with Crippen LogP contribution < -0.4 is 10.6 Å². The van der Waals surface area contributed by atoms with E-state index in [9.17, 15) is 9.18 Å². The Kier molecular flexibility index (Phi) is 9.96. The Bertz CT molecular complexity index is 1660. The molecule has 2 aromatic heterocycles. The standard InChI is InChI=1S/C33H37FN8O2/c1-23-5-7-26(32(43)38-28-10-9-27(31(34)16-28)20-41-12-11-30(22-41)40(2)3)15-25(23)8-6-24-17-35-33(36-18-24)39-29-19-37-42(21-29)13-14-44-4/h5,7,9-10,15-19,21,30H,11-14,20,22H2,1-4H3,(H,38,43)(H,35,36,39)/t30-/m0/s1. The molecule has 4 aromatic rings. The minimum Gasteiger partial charge on any atom is -0.383 e. The number of carbonyl (C=O) groups excluding carboxylic acids is 1. The van der Waals surface area contributed by atoms with E-state index < -0.39 is 0 Å².